The maximum atomic E-state index is 11.5. The second-order valence-electron chi connectivity index (χ2n) is 4.26. The molecule has 5 heteroatoms. The Labute approximate surface area is 92.9 Å². The van der Waals surface area contributed by atoms with Crippen LogP contribution in [0.1, 0.15) is 32.1 Å². The van der Waals surface area contributed by atoms with E-state index in [0.29, 0.717) is 6.54 Å². The van der Waals surface area contributed by atoms with Crippen molar-refractivity contribution in [3.8, 4) is 0 Å². The standard InChI is InChI=1S/C10H22N2O2S/c1-11-7-2-3-9-15(13,14)12-8-6-10-4-5-10/h10-12H,2-9H2,1H3. The van der Waals surface area contributed by atoms with E-state index in [1.54, 1.807) is 0 Å². The van der Waals surface area contributed by atoms with E-state index in [2.05, 4.69) is 10.0 Å². The van der Waals surface area contributed by atoms with Gasteiger partial charge in [0.2, 0.25) is 10.0 Å². The Hall–Kier alpha value is -0.130. The summed E-state index contributed by atoms with van der Waals surface area (Å²) in [5.74, 6) is 1.05. The Morgan fingerprint density at radius 1 is 1.20 bits per heavy atom. The zero-order valence-electron chi connectivity index (χ0n) is 9.46. The van der Waals surface area contributed by atoms with Gasteiger partial charge in [-0.1, -0.05) is 12.8 Å². The fraction of sp³-hybridized carbons (Fsp3) is 1.00. The van der Waals surface area contributed by atoms with Crippen LogP contribution in [0.5, 0.6) is 0 Å². The molecule has 1 rings (SSSR count). The van der Waals surface area contributed by atoms with Crippen LogP contribution in [0.4, 0.5) is 0 Å². The number of rotatable bonds is 9. The first-order chi connectivity index (χ1) is 7.14. The summed E-state index contributed by atoms with van der Waals surface area (Å²) in [7, 11) is -1.13. The van der Waals surface area contributed by atoms with Crippen LogP contribution in [0.2, 0.25) is 0 Å². The highest BCUT2D eigenvalue weighted by Crippen LogP contribution is 2.31. The van der Waals surface area contributed by atoms with Crippen molar-refractivity contribution in [3.63, 3.8) is 0 Å². The second-order valence-corrected chi connectivity index (χ2v) is 6.18. The zero-order chi connectivity index (χ0) is 11.1. The van der Waals surface area contributed by atoms with Crippen LogP contribution < -0.4 is 10.0 Å². The molecular formula is C10H22N2O2S. The molecule has 15 heavy (non-hydrogen) atoms. The number of hydrogen-bond acceptors (Lipinski definition) is 3. The molecule has 0 aliphatic heterocycles. The molecule has 0 heterocycles. The quantitative estimate of drug-likeness (QED) is 0.578. The highest BCUT2D eigenvalue weighted by molar-refractivity contribution is 7.89. The van der Waals surface area contributed by atoms with Crippen LogP contribution in [0.15, 0.2) is 0 Å². The van der Waals surface area contributed by atoms with Gasteiger partial charge < -0.3 is 5.32 Å². The summed E-state index contributed by atoms with van der Waals surface area (Å²) >= 11 is 0. The highest BCUT2D eigenvalue weighted by Gasteiger charge is 2.21. The number of sulfonamides is 1. The van der Waals surface area contributed by atoms with Gasteiger partial charge in [0.25, 0.3) is 0 Å². The lowest BCUT2D eigenvalue weighted by Gasteiger charge is -2.05. The van der Waals surface area contributed by atoms with Crippen LogP contribution in [-0.2, 0) is 10.0 Å². The van der Waals surface area contributed by atoms with Gasteiger partial charge in [-0.3, -0.25) is 0 Å². The molecule has 1 aliphatic carbocycles. The van der Waals surface area contributed by atoms with Crippen molar-refractivity contribution < 1.29 is 8.42 Å². The predicted molar refractivity (Wildman–Crippen MR) is 62.3 cm³/mol. The predicted octanol–water partition coefficient (Wildman–Crippen LogP) is 0.706. The summed E-state index contributed by atoms with van der Waals surface area (Å²) < 4.78 is 25.6. The van der Waals surface area contributed by atoms with Crippen LogP contribution in [0.3, 0.4) is 0 Å². The Bertz CT molecular complexity index is 261. The molecule has 1 aliphatic rings. The molecular weight excluding hydrogens is 212 g/mol. The lowest BCUT2D eigenvalue weighted by Crippen LogP contribution is -2.28. The number of unbranched alkanes of at least 4 members (excludes halogenated alkanes) is 1. The van der Waals surface area contributed by atoms with Crippen molar-refractivity contribution in [3.05, 3.63) is 0 Å². The minimum Gasteiger partial charge on any atom is -0.320 e. The second kappa shape index (κ2) is 6.45. The molecule has 0 amide bonds. The normalized spacial score (nSPS) is 16.9. The van der Waals surface area contributed by atoms with E-state index >= 15 is 0 Å². The molecule has 0 spiro atoms. The van der Waals surface area contributed by atoms with Gasteiger partial charge in [-0.2, -0.15) is 0 Å². The Balaban J connectivity index is 2.02. The SMILES string of the molecule is CNCCCCS(=O)(=O)NCCC1CC1. The molecule has 0 radical (unpaired) electrons. The van der Waals surface area contributed by atoms with Crippen molar-refractivity contribution >= 4 is 10.0 Å². The molecule has 0 aromatic rings. The molecule has 4 nitrogen and oxygen atoms in total. The third-order valence-corrected chi connectivity index (χ3v) is 4.13. The fourth-order valence-electron chi connectivity index (χ4n) is 1.49. The first-order valence-electron chi connectivity index (χ1n) is 5.76. The number of hydrogen-bond donors (Lipinski definition) is 2. The Kier molecular flexibility index (Phi) is 5.56. The molecule has 0 saturated heterocycles. The van der Waals surface area contributed by atoms with E-state index in [-0.39, 0.29) is 5.75 Å². The molecule has 1 fully saturated rings. The summed E-state index contributed by atoms with van der Waals surface area (Å²) in [6.45, 7) is 1.51. The largest absolute Gasteiger partial charge is 0.320 e. The minimum atomic E-state index is -3.01. The monoisotopic (exact) mass is 234 g/mol. The van der Waals surface area contributed by atoms with Crippen molar-refractivity contribution in [2.24, 2.45) is 5.92 Å². The topological polar surface area (TPSA) is 58.2 Å². The minimum absolute atomic E-state index is 0.263. The molecule has 0 aromatic heterocycles. The molecule has 90 valence electrons. The first-order valence-corrected chi connectivity index (χ1v) is 7.41. The molecule has 0 unspecified atom stereocenters. The average Bonchev–Trinajstić information content (AvgIpc) is 2.96. The molecule has 1 saturated carbocycles. The smallest absolute Gasteiger partial charge is 0.211 e. The van der Waals surface area contributed by atoms with Gasteiger partial charge in [0.15, 0.2) is 0 Å². The maximum absolute atomic E-state index is 11.5. The van der Waals surface area contributed by atoms with Gasteiger partial charge in [0.05, 0.1) is 5.75 Å². The zero-order valence-corrected chi connectivity index (χ0v) is 10.3. The summed E-state index contributed by atoms with van der Waals surface area (Å²) in [5, 5.41) is 3.01. The average molecular weight is 234 g/mol. The summed E-state index contributed by atoms with van der Waals surface area (Å²) in [4.78, 5) is 0. The van der Waals surface area contributed by atoms with E-state index in [0.717, 1.165) is 31.7 Å². The Morgan fingerprint density at radius 3 is 2.53 bits per heavy atom. The summed E-state index contributed by atoms with van der Waals surface area (Å²) in [6.07, 6.45) is 5.23. The van der Waals surface area contributed by atoms with Gasteiger partial charge in [0, 0.05) is 6.54 Å². The first kappa shape index (κ1) is 12.9. The van der Waals surface area contributed by atoms with Gasteiger partial charge in [0.1, 0.15) is 0 Å². The highest BCUT2D eigenvalue weighted by atomic mass is 32.2. The van der Waals surface area contributed by atoms with Crippen molar-refractivity contribution in [1.82, 2.24) is 10.0 Å². The molecule has 0 atom stereocenters. The number of nitrogens with one attached hydrogen (secondary N) is 2. The lowest BCUT2D eigenvalue weighted by atomic mass is 10.3. The Morgan fingerprint density at radius 2 is 1.93 bits per heavy atom. The van der Waals surface area contributed by atoms with E-state index in [9.17, 15) is 8.42 Å². The molecule has 2 N–H and O–H groups in total. The summed E-state index contributed by atoms with van der Waals surface area (Å²) in [5.41, 5.74) is 0. The van der Waals surface area contributed by atoms with Crippen molar-refractivity contribution in [2.75, 3.05) is 25.9 Å². The third-order valence-electron chi connectivity index (χ3n) is 2.66. The van der Waals surface area contributed by atoms with Crippen LogP contribution in [-0.4, -0.2) is 34.3 Å². The van der Waals surface area contributed by atoms with E-state index in [1.807, 2.05) is 7.05 Å². The summed E-state index contributed by atoms with van der Waals surface area (Å²) in [6, 6.07) is 0. The van der Waals surface area contributed by atoms with E-state index in [1.165, 1.54) is 12.8 Å². The maximum Gasteiger partial charge on any atom is 0.211 e. The van der Waals surface area contributed by atoms with E-state index in [4.69, 9.17) is 0 Å². The lowest BCUT2D eigenvalue weighted by molar-refractivity contribution is 0.570. The van der Waals surface area contributed by atoms with Gasteiger partial charge in [-0.25, -0.2) is 13.1 Å². The van der Waals surface area contributed by atoms with Gasteiger partial charge >= 0.3 is 0 Å². The third kappa shape index (κ3) is 6.87. The molecule has 0 aromatic carbocycles. The van der Waals surface area contributed by atoms with Gasteiger partial charge in [-0.15, -0.1) is 0 Å². The van der Waals surface area contributed by atoms with E-state index < -0.39 is 10.0 Å². The van der Waals surface area contributed by atoms with Crippen LogP contribution in [0, 0.1) is 5.92 Å². The van der Waals surface area contributed by atoms with Crippen molar-refractivity contribution in [1.29, 1.82) is 0 Å². The fourth-order valence-corrected chi connectivity index (χ4v) is 2.65. The van der Waals surface area contributed by atoms with Crippen LogP contribution in [0.25, 0.3) is 0 Å². The van der Waals surface area contributed by atoms with Gasteiger partial charge in [-0.05, 0) is 38.8 Å². The van der Waals surface area contributed by atoms with Crippen LogP contribution >= 0.6 is 0 Å². The van der Waals surface area contributed by atoms with Crippen molar-refractivity contribution in [2.45, 2.75) is 32.1 Å². The molecule has 0 bridgehead atoms.